The first-order chi connectivity index (χ1) is 13.7. The van der Waals surface area contributed by atoms with Crippen LogP contribution in [0.25, 0.3) is 10.6 Å². The number of ether oxygens (including phenoxy) is 2. The van der Waals surface area contributed by atoms with E-state index in [1.54, 1.807) is 0 Å². The molecule has 2 aromatic rings. The molecule has 4 rings (SSSR count). The lowest BCUT2D eigenvalue weighted by atomic mass is 10.2. The van der Waals surface area contributed by atoms with E-state index in [9.17, 15) is 4.79 Å². The molecule has 10 heteroatoms. The van der Waals surface area contributed by atoms with Crippen molar-refractivity contribution in [1.29, 1.82) is 0 Å². The van der Waals surface area contributed by atoms with Gasteiger partial charge in [-0.3, -0.25) is 10.6 Å². The summed E-state index contributed by atoms with van der Waals surface area (Å²) in [7, 11) is 0. The maximum absolute atomic E-state index is 11.5. The van der Waals surface area contributed by atoms with Gasteiger partial charge < -0.3 is 25.9 Å². The highest BCUT2D eigenvalue weighted by molar-refractivity contribution is 7.14. The average molecular weight is 404 g/mol. The van der Waals surface area contributed by atoms with Crippen LogP contribution in [-0.2, 0) is 20.8 Å². The Balaban J connectivity index is 0.000000231. The smallest absolute Gasteiger partial charge is 0.269 e. The molecule has 3 heterocycles. The summed E-state index contributed by atoms with van der Waals surface area (Å²) < 4.78 is 10.7. The van der Waals surface area contributed by atoms with E-state index in [0.717, 1.165) is 36.6 Å². The van der Waals surface area contributed by atoms with Gasteiger partial charge >= 0.3 is 0 Å². The zero-order chi connectivity index (χ0) is 19.8. The molecule has 0 radical (unpaired) electrons. The van der Waals surface area contributed by atoms with E-state index in [2.05, 4.69) is 20.9 Å². The molecule has 1 aromatic carbocycles. The van der Waals surface area contributed by atoms with Crippen LogP contribution in [0.5, 0.6) is 0 Å². The first-order valence-corrected chi connectivity index (χ1v) is 9.80. The molecule has 2 aliphatic rings. The Morgan fingerprint density at radius 3 is 2.50 bits per heavy atom. The largest absolute Gasteiger partial charge is 0.393 e. The number of aromatic nitrogens is 2. The van der Waals surface area contributed by atoms with Crippen LogP contribution in [0.15, 0.2) is 42.2 Å². The lowest BCUT2D eigenvalue weighted by molar-refractivity contribution is -0.117. The van der Waals surface area contributed by atoms with Crippen molar-refractivity contribution >= 4 is 17.2 Å². The van der Waals surface area contributed by atoms with E-state index < -0.39 is 5.91 Å². The summed E-state index contributed by atoms with van der Waals surface area (Å²) in [6.45, 7) is 2.09. The fourth-order valence-electron chi connectivity index (χ4n) is 2.86. The van der Waals surface area contributed by atoms with E-state index in [1.165, 1.54) is 17.5 Å². The van der Waals surface area contributed by atoms with Gasteiger partial charge in [-0.1, -0.05) is 41.7 Å². The van der Waals surface area contributed by atoms with Gasteiger partial charge in [0, 0.05) is 25.0 Å². The second-order valence-electron chi connectivity index (χ2n) is 6.21. The summed E-state index contributed by atoms with van der Waals surface area (Å²) in [6.07, 6.45) is 4.35. The average Bonchev–Trinajstić information content (AvgIpc) is 3.45. The molecule has 0 aliphatic carbocycles. The Morgan fingerprint density at radius 2 is 1.86 bits per heavy atom. The number of hydrogen-bond acceptors (Lipinski definition) is 9. The maximum atomic E-state index is 11.5. The van der Waals surface area contributed by atoms with Crippen molar-refractivity contribution in [3.05, 3.63) is 47.2 Å². The third-order valence-corrected chi connectivity index (χ3v) is 5.24. The summed E-state index contributed by atoms with van der Waals surface area (Å²) in [6, 6.07) is 9.71. The van der Waals surface area contributed by atoms with Gasteiger partial charge in [-0.05, 0) is 12.8 Å². The standard InChI is InChI=1S/C12H14N6OS.C6H10O2/c13-9(6-16-14)11(19)15-7-10-17-18-12(20-10)8-4-2-1-3-5-8;1-3-7-6-2-4-8-5(1)6/h1-6,16H,7,13-14H2,(H,15,19);5-6H,1-4H2/b9-6-;. The predicted octanol–water partition coefficient (Wildman–Crippen LogP) is 0.649. The predicted molar refractivity (Wildman–Crippen MR) is 105 cm³/mol. The second-order valence-corrected chi connectivity index (χ2v) is 7.27. The number of hydrogen-bond donors (Lipinski definition) is 4. The Hall–Kier alpha value is -2.53. The van der Waals surface area contributed by atoms with Crippen molar-refractivity contribution in [1.82, 2.24) is 20.9 Å². The van der Waals surface area contributed by atoms with Crippen LogP contribution in [0.4, 0.5) is 0 Å². The van der Waals surface area contributed by atoms with Gasteiger partial charge in [-0.25, -0.2) is 0 Å². The Morgan fingerprint density at radius 1 is 1.18 bits per heavy atom. The van der Waals surface area contributed by atoms with Crippen LogP contribution >= 0.6 is 11.3 Å². The molecule has 2 fully saturated rings. The summed E-state index contributed by atoms with van der Waals surface area (Å²) in [5.41, 5.74) is 8.66. The number of nitrogens with zero attached hydrogens (tertiary/aromatic N) is 2. The van der Waals surface area contributed by atoms with Crippen molar-refractivity contribution in [2.75, 3.05) is 13.2 Å². The molecule has 1 amide bonds. The number of nitrogens with two attached hydrogens (primary N) is 2. The highest BCUT2D eigenvalue weighted by atomic mass is 32.1. The molecule has 6 N–H and O–H groups in total. The van der Waals surface area contributed by atoms with Gasteiger partial charge in [0.15, 0.2) is 0 Å². The summed E-state index contributed by atoms with van der Waals surface area (Å²) in [5.74, 6) is 4.62. The zero-order valence-corrected chi connectivity index (χ0v) is 16.2. The van der Waals surface area contributed by atoms with Crippen LogP contribution in [0.2, 0.25) is 0 Å². The number of rotatable bonds is 5. The second kappa shape index (κ2) is 10.1. The number of benzene rings is 1. The summed E-state index contributed by atoms with van der Waals surface area (Å²) in [4.78, 5) is 11.5. The van der Waals surface area contributed by atoms with Gasteiger partial charge in [-0.2, -0.15) is 0 Å². The Bertz CT molecular complexity index is 778. The van der Waals surface area contributed by atoms with Gasteiger partial charge in [-0.15, -0.1) is 10.2 Å². The van der Waals surface area contributed by atoms with E-state index >= 15 is 0 Å². The van der Waals surface area contributed by atoms with Gasteiger partial charge in [0.1, 0.15) is 15.7 Å². The molecule has 0 saturated carbocycles. The molecule has 9 nitrogen and oxygen atoms in total. The number of amides is 1. The minimum Gasteiger partial charge on any atom is -0.393 e. The summed E-state index contributed by atoms with van der Waals surface area (Å²) >= 11 is 1.42. The monoisotopic (exact) mass is 404 g/mol. The van der Waals surface area contributed by atoms with Crippen molar-refractivity contribution < 1.29 is 14.3 Å². The summed E-state index contributed by atoms with van der Waals surface area (Å²) in [5, 5.41) is 12.2. The number of hydrazine groups is 1. The van der Waals surface area contributed by atoms with E-state index in [1.807, 2.05) is 30.3 Å². The quantitative estimate of drug-likeness (QED) is 0.324. The van der Waals surface area contributed by atoms with E-state index in [0.29, 0.717) is 17.2 Å². The number of nitrogens with one attached hydrogen (secondary N) is 2. The molecule has 2 saturated heterocycles. The van der Waals surface area contributed by atoms with Crippen LogP contribution < -0.4 is 22.3 Å². The highest BCUT2D eigenvalue weighted by Crippen LogP contribution is 2.25. The molecule has 0 bridgehead atoms. The molecule has 28 heavy (non-hydrogen) atoms. The van der Waals surface area contributed by atoms with Gasteiger partial charge in [0.05, 0.1) is 18.8 Å². The molecule has 150 valence electrons. The SMILES string of the molecule is C1CC2OCCC2O1.NN/C=C(\N)C(=O)NCc1nnc(-c2ccccc2)s1. The van der Waals surface area contributed by atoms with E-state index in [4.69, 9.17) is 21.1 Å². The molecule has 2 atom stereocenters. The molecule has 2 aliphatic heterocycles. The number of carbonyl (C=O) groups is 1. The first-order valence-electron chi connectivity index (χ1n) is 8.98. The van der Waals surface area contributed by atoms with Crippen LogP contribution in [0.3, 0.4) is 0 Å². The highest BCUT2D eigenvalue weighted by Gasteiger charge is 2.33. The fourth-order valence-corrected chi connectivity index (χ4v) is 3.64. The third-order valence-electron chi connectivity index (χ3n) is 4.27. The van der Waals surface area contributed by atoms with Crippen LogP contribution in [0.1, 0.15) is 17.8 Å². The van der Waals surface area contributed by atoms with E-state index in [-0.39, 0.29) is 12.2 Å². The topological polar surface area (TPSA) is 137 Å². The number of fused-ring (bicyclic) bond motifs is 1. The minimum absolute atomic E-state index is 0.000276. The zero-order valence-electron chi connectivity index (χ0n) is 15.3. The van der Waals surface area contributed by atoms with Crippen molar-refractivity contribution in [3.8, 4) is 10.6 Å². The minimum atomic E-state index is -0.417. The molecular formula is C18H24N6O3S. The molecule has 1 aromatic heterocycles. The van der Waals surface area contributed by atoms with Crippen molar-refractivity contribution in [2.24, 2.45) is 11.6 Å². The lowest BCUT2D eigenvalue weighted by Crippen LogP contribution is -2.30. The molecule has 2 unspecified atom stereocenters. The Labute approximate surface area is 167 Å². The van der Waals surface area contributed by atoms with Gasteiger partial charge in [0.2, 0.25) is 0 Å². The third kappa shape index (κ3) is 5.49. The van der Waals surface area contributed by atoms with Crippen molar-refractivity contribution in [3.63, 3.8) is 0 Å². The Kier molecular flexibility index (Phi) is 7.31. The molecule has 0 spiro atoms. The fraction of sp³-hybridized carbons (Fsp3) is 0.389. The van der Waals surface area contributed by atoms with Crippen LogP contribution in [0, 0.1) is 0 Å². The maximum Gasteiger partial charge on any atom is 0.269 e. The first kappa shape index (κ1) is 20.2. The van der Waals surface area contributed by atoms with Crippen molar-refractivity contribution in [2.45, 2.75) is 31.6 Å². The van der Waals surface area contributed by atoms with Crippen LogP contribution in [-0.4, -0.2) is 41.5 Å². The normalized spacial score (nSPS) is 20.8. The lowest BCUT2D eigenvalue weighted by Gasteiger charge is -2.03. The molecular weight excluding hydrogens is 380 g/mol. The number of carbonyl (C=O) groups excluding carboxylic acids is 1. The van der Waals surface area contributed by atoms with Gasteiger partial charge in [0.25, 0.3) is 5.91 Å².